The Kier molecular flexibility index (Phi) is 6.78. The fourth-order valence-corrected chi connectivity index (χ4v) is 2.56. The summed E-state index contributed by atoms with van der Waals surface area (Å²) in [6, 6.07) is 17.9. The molecule has 0 spiro atoms. The van der Waals surface area contributed by atoms with E-state index in [2.05, 4.69) is 22.3 Å². The second-order valence-electron chi connectivity index (χ2n) is 5.51. The zero-order valence-electron chi connectivity index (χ0n) is 13.5. The van der Waals surface area contributed by atoms with E-state index in [1.165, 1.54) is 5.56 Å². The molecule has 0 bridgehead atoms. The first-order valence-electron chi connectivity index (χ1n) is 7.91. The number of aliphatic hydroxyl groups excluding tert-OH is 1. The third kappa shape index (κ3) is 5.51. The minimum atomic E-state index is -0.0788. The number of hydrogen-bond donors (Lipinski definition) is 2. The number of nitrogens with one attached hydrogen (secondary N) is 1. The van der Waals surface area contributed by atoms with Crippen LogP contribution in [0.15, 0.2) is 54.6 Å². The normalized spacial score (nSPS) is 10.7. The van der Waals surface area contributed by atoms with E-state index in [0.717, 1.165) is 25.1 Å². The molecule has 0 saturated carbocycles. The average Bonchev–Trinajstić information content (AvgIpc) is 2.60. The highest BCUT2D eigenvalue weighted by Gasteiger charge is 2.08. The quantitative estimate of drug-likeness (QED) is 0.785. The average molecular weight is 312 g/mol. The summed E-state index contributed by atoms with van der Waals surface area (Å²) in [5, 5.41) is 11.9. The van der Waals surface area contributed by atoms with Gasteiger partial charge in [0.25, 0.3) is 5.91 Å². The molecule has 1 amide bonds. The lowest BCUT2D eigenvalue weighted by Gasteiger charge is -2.21. The molecule has 0 atom stereocenters. The summed E-state index contributed by atoms with van der Waals surface area (Å²) in [4.78, 5) is 13.9. The highest BCUT2D eigenvalue weighted by Crippen LogP contribution is 2.10. The van der Waals surface area contributed by atoms with E-state index in [1.54, 1.807) is 7.05 Å². The lowest BCUT2D eigenvalue weighted by molar-refractivity contribution is 0.0963. The minimum Gasteiger partial charge on any atom is -0.395 e. The number of nitrogens with zero attached hydrogens (tertiary/aromatic N) is 1. The van der Waals surface area contributed by atoms with Gasteiger partial charge in [-0.3, -0.25) is 9.69 Å². The number of carbonyl (C=O) groups excluding carboxylic acids is 1. The zero-order valence-corrected chi connectivity index (χ0v) is 13.5. The van der Waals surface area contributed by atoms with Gasteiger partial charge < -0.3 is 10.4 Å². The Labute approximate surface area is 137 Å². The molecule has 2 rings (SSSR count). The van der Waals surface area contributed by atoms with Gasteiger partial charge in [0.1, 0.15) is 0 Å². The van der Waals surface area contributed by atoms with Crippen molar-refractivity contribution in [1.29, 1.82) is 0 Å². The Bertz CT molecular complexity index is 614. The maximum Gasteiger partial charge on any atom is 0.251 e. The van der Waals surface area contributed by atoms with Crippen LogP contribution in [0.1, 0.15) is 21.5 Å². The molecule has 0 unspecified atom stereocenters. The Balaban J connectivity index is 1.99. The largest absolute Gasteiger partial charge is 0.395 e. The lowest BCUT2D eigenvalue weighted by atomic mass is 10.1. The predicted molar refractivity (Wildman–Crippen MR) is 92.3 cm³/mol. The summed E-state index contributed by atoms with van der Waals surface area (Å²) in [6.45, 7) is 2.34. The van der Waals surface area contributed by atoms with Crippen LogP contribution in [0, 0.1) is 0 Å². The van der Waals surface area contributed by atoms with Crippen LogP contribution in [-0.2, 0) is 13.0 Å². The Hall–Kier alpha value is -2.17. The third-order valence-corrected chi connectivity index (χ3v) is 3.80. The van der Waals surface area contributed by atoms with Gasteiger partial charge in [0.05, 0.1) is 6.61 Å². The molecule has 23 heavy (non-hydrogen) atoms. The SMILES string of the molecule is CNC(=O)c1cccc(CN(CCO)CCc2ccccc2)c1. The molecular weight excluding hydrogens is 288 g/mol. The highest BCUT2D eigenvalue weighted by molar-refractivity contribution is 5.94. The number of aliphatic hydroxyl groups is 1. The number of amides is 1. The van der Waals surface area contributed by atoms with Crippen LogP contribution < -0.4 is 5.32 Å². The molecule has 0 radical (unpaired) electrons. The van der Waals surface area contributed by atoms with E-state index in [4.69, 9.17) is 0 Å². The van der Waals surface area contributed by atoms with Gasteiger partial charge in [-0.25, -0.2) is 0 Å². The van der Waals surface area contributed by atoms with E-state index < -0.39 is 0 Å². The second kappa shape index (κ2) is 9.08. The van der Waals surface area contributed by atoms with Gasteiger partial charge in [-0.05, 0) is 29.7 Å². The van der Waals surface area contributed by atoms with E-state index >= 15 is 0 Å². The number of carbonyl (C=O) groups is 1. The summed E-state index contributed by atoms with van der Waals surface area (Å²) >= 11 is 0. The predicted octanol–water partition coefficient (Wildman–Crippen LogP) is 2.08. The van der Waals surface area contributed by atoms with E-state index in [1.807, 2.05) is 42.5 Å². The Morgan fingerprint density at radius 1 is 1.04 bits per heavy atom. The van der Waals surface area contributed by atoms with E-state index in [-0.39, 0.29) is 12.5 Å². The van der Waals surface area contributed by atoms with Crippen molar-refractivity contribution in [2.45, 2.75) is 13.0 Å². The van der Waals surface area contributed by atoms with Crippen LogP contribution in [-0.4, -0.2) is 42.7 Å². The molecule has 0 fully saturated rings. The van der Waals surface area contributed by atoms with Gasteiger partial charge in [0.2, 0.25) is 0 Å². The van der Waals surface area contributed by atoms with Gasteiger partial charge in [0.15, 0.2) is 0 Å². The number of benzene rings is 2. The van der Waals surface area contributed by atoms with Crippen LogP contribution >= 0.6 is 0 Å². The topological polar surface area (TPSA) is 52.6 Å². The molecule has 2 N–H and O–H groups in total. The van der Waals surface area contributed by atoms with Gasteiger partial charge in [-0.1, -0.05) is 42.5 Å². The molecule has 2 aromatic carbocycles. The van der Waals surface area contributed by atoms with Gasteiger partial charge >= 0.3 is 0 Å². The van der Waals surface area contributed by atoms with Gasteiger partial charge in [0, 0.05) is 32.2 Å². The number of hydrogen-bond acceptors (Lipinski definition) is 3. The zero-order chi connectivity index (χ0) is 16.5. The highest BCUT2D eigenvalue weighted by atomic mass is 16.3. The van der Waals surface area contributed by atoms with Crippen molar-refractivity contribution in [1.82, 2.24) is 10.2 Å². The van der Waals surface area contributed by atoms with Crippen molar-refractivity contribution in [2.75, 3.05) is 26.7 Å². The summed E-state index contributed by atoms with van der Waals surface area (Å²) in [6.07, 6.45) is 0.940. The third-order valence-electron chi connectivity index (χ3n) is 3.80. The molecule has 0 aliphatic rings. The second-order valence-corrected chi connectivity index (χ2v) is 5.51. The summed E-state index contributed by atoms with van der Waals surface area (Å²) in [7, 11) is 1.63. The first-order valence-corrected chi connectivity index (χ1v) is 7.91. The van der Waals surface area contributed by atoms with E-state index in [9.17, 15) is 9.90 Å². The van der Waals surface area contributed by atoms with Crippen LogP contribution in [0.2, 0.25) is 0 Å². The Morgan fingerprint density at radius 3 is 2.48 bits per heavy atom. The van der Waals surface area contributed by atoms with Crippen LogP contribution in [0.4, 0.5) is 0 Å². The van der Waals surface area contributed by atoms with Gasteiger partial charge in [-0.15, -0.1) is 0 Å². The maximum atomic E-state index is 11.7. The van der Waals surface area contributed by atoms with Crippen molar-refractivity contribution in [3.05, 3.63) is 71.3 Å². The monoisotopic (exact) mass is 312 g/mol. The van der Waals surface area contributed by atoms with Crippen LogP contribution in [0.25, 0.3) is 0 Å². The standard InChI is InChI=1S/C19H24N2O2/c1-20-19(23)18-9-5-8-17(14-18)15-21(12-13-22)11-10-16-6-3-2-4-7-16/h2-9,14,22H,10-13,15H2,1H3,(H,20,23). The summed E-state index contributed by atoms with van der Waals surface area (Å²) in [5.41, 5.74) is 3.03. The molecule has 4 nitrogen and oxygen atoms in total. The van der Waals surface area contributed by atoms with Crippen molar-refractivity contribution >= 4 is 5.91 Å². The molecule has 0 aliphatic carbocycles. The molecule has 0 aromatic heterocycles. The first kappa shape index (κ1) is 17.2. The van der Waals surface area contributed by atoms with E-state index in [0.29, 0.717) is 12.1 Å². The minimum absolute atomic E-state index is 0.0788. The lowest BCUT2D eigenvalue weighted by Crippen LogP contribution is -2.29. The molecular formula is C19H24N2O2. The first-order chi connectivity index (χ1) is 11.2. The molecule has 4 heteroatoms. The molecule has 0 saturated heterocycles. The van der Waals surface area contributed by atoms with Crippen LogP contribution in [0.5, 0.6) is 0 Å². The molecule has 2 aromatic rings. The smallest absolute Gasteiger partial charge is 0.251 e. The summed E-state index contributed by atoms with van der Waals surface area (Å²) < 4.78 is 0. The van der Waals surface area contributed by atoms with Crippen molar-refractivity contribution in [3.63, 3.8) is 0 Å². The van der Waals surface area contributed by atoms with Crippen LogP contribution in [0.3, 0.4) is 0 Å². The molecule has 122 valence electrons. The van der Waals surface area contributed by atoms with Crippen molar-refractivity contribution in [3.8, 4) is 0 Å². The molecule has 0 heterocycles. The number of rotatable bonds is 8. The van der Waals surface area contributed by atoms with Crippen molar-refractivity contribution in [2.24, 2.45) is 0 Å². The molecule has 0 aliphatic heterocycles. The van der Waals surface area contributed by atoms with Gasteiger partial charge in [-0.2, -0.15) is 0 Å². The fraction of sp³-hybridized carbons (Fsp3) is 0.316. The maximum absolute atomic E-state index is 11.7. The van der Waals surface area contributed by atoms with Crippen molar-refractivity contribution < 1.29 is 9.90 Å². The fourth-order valence-electron chi connectivity index (χ4n) is 2.56. The summed E-state index contributed by atoms with van der Waals surface area (Å²) in [5.74, 6) is -0.0788. The Morgan fingerprint density at radius 2 is 1.78 bits per heavy atom.